The van der Waals surface area contributed by atoms with E-state index in [2.05, 4.69) is 10.1 Å². The molecule has 0 atom stereocenters. The average Bonchev–Trinajstić information content (AvgIpc) is 2.66. The molecule has 2 rings (SSSR count). The number of nitrogens with one attached hydrogen (secondary N) is 1. The van der Waals surface area contributed by atoms with Gasteiger partial charge < -0.3 is 14.8 Å². The first-order valence-corrected chi connectivity index (χ1v) is 7.79. The number of ether oxygens (including phenoxy) is 2. The van der Waals surface area contributed by atoms with Crippen LogP contribution in [0.25, 0.3) is 0 Å². The van der Waals surface area contributed by atoms with Gasteiger partial charge in [-0.1, -0.05) is 11.6 Å². The molecule has 1 amide bonds. The number of esters is 2. The van der Waals surface area contributed by atoms with Crippen LogP contribution in [0.2, 0.25) is 5.02 Å². The van der Waals surface area contributed by atoms with E-state index in [0.29, 0.717) is 11.3 Å². The second-order valence-corrected chi connectivity index (χ2v) is 5.55. The number of carbonyl (C=O) groups excluding carboxylic acids is 3. The summed E-state index contributed by atoms with van der Waals surface area (Å²) in [7, 11) is 1.25. The van der Waals surface area contributed by atoms with Crippen molar-refractivity contribution < 1.29 is 28.8 Å². The molecule has 0 aromatic heterocycles. The van der Waals surface area contributed by atoms with Crippen LogP contribution >= 0.6 is 11.6 Å². The first kappa shape index (κ1) is 19.9. The van der Waals surface area contributed by atoms with Crippen molar-refractivity contribution in [2.75, 3.05) is 19.0 Å². The third-order valence-electron chi connectivity index (χ3n) is 3.30. The number of amides is 1. The van der Waals surface area contributed by atoms with E-state index in [0.717, 1.165) is 12.1 Å². The standard InChI is InChI=1S/C17H13ClN2O7/c1-26-16(22)10-2-5-12(6-3-10)19-15(21)9-27-17(23)13-7-4-11(18)8-14(13)20(24)25/h2-8H,9H2,1H3,(H,19,21). The van der Waals surface area contributed by atoms with Crippen LogP contribution < -0.4 is 5.32 Å². The Hall–Kier alpha value is -3.46. The fraction of sp³-hybridized carbons (Fsp3) is 0.118. The van der Waals surface area contributed by atoms with Crippen LogP contribution in [-0.2, 0) is 14.3 Å². The maximum Gasteiger partial charge on any atom is 0.345 e. The van der Waals surface area contributed by atoms with Crippen molar-refractivity contribution in [3.05, 3.63) is 68.7 Å². The molecule has 0 aliphatic rings. The second kappa shape index (κ2) is 8.77. The highest BCUT2D eigenvalue weighted by molar-refractivity contribution is 6.31. The molecule has 0 aliphatic heterocycles. The molecule has 0 unspecified atom stereocenters. The Kier molecular flexibility index (Phi) is 6.45. The van der Waals surface area contributed by atoms with Gasteiger partial charge in [-0.05, 0) is 36.4 Å². The number of nitro groups is 1. The zero-order valence-electron chi connectivity index (χ0n) is 13.9. The van der Waals surface area contributed by atoms with Crippen LogP contribution in [0.15, 0.2) is 42.5 Å². The quantitative estimate of drug-likeness (QED) is 0.455. The number of halogens is 1. The van der Waals surface area contributed by atoms with Gasteiger partial charge in [-0.2, -0.15) is 0 Å². The zero-order valence-corrected chi connectivity index (χ0v) is 14.7. The molecule has 10 heteroatoms. The van der Waals surface area contributed by atoms with Crippen molar-refractivity contribution in [3.63, 3.8) is 0 Å². The number of rotatable bonds is 6. The summed E-state index contributed by atoms with van der Waals surface area (Å²) in [5.74, 6) is -2.22. The lowest BCUT2D eigenvalue weighted by molar-refractivity contribution is -0.385. The van der Waals surface area contributed by atoms with E-state index < -0.39 is 35.1 Å². The molecule has 1 N–H and O–H groups in total. The molecule has 0 saturated carbocycles. The van der Waals surface area contributed by atoms with Crippen molar-refractivity contribution in [3.8, 4) is 0 Å². The Morgan fingerprint density at radius 1 is 1.11 bits per heavy atom. The molecule has 0 spiro atoms. The van der Waals surface area contributed by atoms with Gasteiger partial charge in [0.15, 0.2) is 6.61 Å². The maximum absolute atomic E-state index is 12.0. The predicted molar refractivity (Wildman–Crippen MR) is 94.8 cm³/mol. The van der Waals surface area contributed by atoms with Crippen molar-refractivity contribution in [1.82, 2.24) is 0 Å². The molecule has 0 heterocycles. The van der Waals surface area contributed by atoms with Gasteiger partial charge in [0, 0.05) is 16.8 Å². The summed E-state index contributed by atoms with van der Waals surface area (Å²) in [5.41, 5.74) is -0.177. The monoisotopic (exact) mass is 392 g/mol. The topological polar surface area (TPSA) is 125 Å². The van der Waals surface area contributed by atoms with E-state index in [4.69, 9.17) is 16.3 Å². The molecule has 0 fully saturated rings. The van der Waals surface area contributed by atoms with Crippen LogP contribution in [0.3, 0.4) is 0 Å². The lowest BCUT2D eigenvalue weighted by Gasteiger charge is -2.08. The van der Waals surface area contributed by atoms with Gasteiger partial charge in [0.05, 0.1) is 17.6 Å². The summed E-state index contributed by atoms with van der Waals surface area (Å²) < 4.78 is 9.36. The van der Waals surface area contributed by atoms with Crippen LogP contribution in [0.5, 0.6) is 0 Å². The van der Waals surface area contributed by atoms with Gasteiger partial charge >= 0.3 is 11.9 Å². The zero-order chi connectivity index (χ0) is 20.0. The summed E-state index contributed by atoms with van der Waals surface area (Å²) in [6.07, 6.45) is 0. The smallest absolute Gasteiger partial charge is 0.345 e. The summed E-state index contributed by atoms with van der Waals surface area (Å²) in [6, 6.07) is 9.29. The van der Waals surface area contributed by atoms with E-state index in [-0.39, 0.29) is 10.6 Å². The van der Waals surface area contributed by atoms with Gasteiger partial charge in [-0.15, -0.1) is 0 Å². The largest absolute Gasteiger partial charge is 0.465 e. The number of carbonyl (C=O) groups is 3. The molecule has 140 valence electrons. The van der Waals surface area contributed by atoms with E-state index in [9.17, 15) is 24.5 Å². The first-order valence-electron chi connectivity index (χ1n) is 7.41. The molecule has 2 aromatic carbocycles. The summed E-state index contributed by atoms with van der Waals surface area (Å²) in [6.45, 7) is -0.655. The number of hydrogen-bond donors (Lipinski definition) is 1. The molecule has 0 radical (unpaired) electrons. The average molecular weight is 393 g/mol. The van der Waals surface area contributed by atoms with Crippen LogP contribution in [0.1, 0.15) is 20.7 Å². The summed E-state index contributed by atoms with van der Waals surface area (Å²) in [5, 5.41) is 13.5. The molecule has 2 aromatic rings. The minimum atomic E-state index is -1.03. The molecular formula is C17H13ClN2O7. The second-order valence-electron chi connectivity index (χ2n) is 5.11. The number of hydrogen-bond acceptors (Lipinski definition) is 7. The van der Waals surface area contributed by atoms with Crippen molar-refractivity contribution in [2.24, 2.45) is 0 Å². The lowest BCUT2D eigenvalue weighted by atomic mass is 10.2. The summed E-state index contributed by atoms with van der Waals surface area (Å²) >= 11 is 5.67. The minimum absolute atomic E-state index is 0.0893. The molecule has 0 aliphatic carbocycles. The van der Waals surface area contributed by atoms with Crippen LogP contribution in [0, 0.1) is 10.1 Å². The van der Waals surface area contributed by atoms with Gasteiger partial charge in [0.2, 0.25) is 0 Å². The van der Waals surface area contributed by atoms with Gasteiger partial charge in [0.1, 0.15) is 5.56 Å². The molecule has 9 nitrogen and oxygen atoms in total. The Labute approximate surface area is 158 Å². The van der Waals surface area contributed by atoms with Gasteiger partial charge in [-0.25, -0.2) is 9.59 Å². The van der Waals surface area contributed by atoms with Crippen LogP contribution in [-0.4, -0.2) is 36.5 Å². The van der Waals surface area contributed by atoms with Crippen LogP contribution in [0.4, 0.5) is 11.4 Å². The molecule has 0 saturated heterocycles. The van der Waals surface area contributed by atoms with E-state index in [1.807, 2.05) is 0 Å². The number of benzene rings is 2. The van der Waals surface area contributed by atoms with Crippen molar-refractivity contribution in [2.45, 2.75) is 0 Å². The Bertz CT molecular complexity index is 897. The highest BCUT2D eigenvalue weighted by atomic mass is 35.5. The first-order chi connectivity index (χ1) is 12.8. The molecular weight excluding hydrogens is 380 g/mol. The highest BCUT2D eigenvalue weighted by Crippen LogP contribution is 2.23. The SMILES string of the molecule is COC(=O)c1ccc(NC(=O)COC(=O)c2ccc(Cl)cc2[N+](=O)[O-])cc1. The van der Waals surface area contributed by atoms with E-state index >= 15 is 0 Å². The van der Waals surface area contributed by atoms with E-state index in [1.165, 1.54) is 37.4 Å². The van der Waals surface area contributed by atoms with Crippen molar-refractivity contribution >= 4 is 40.8 Å². The van der Waals surface area contributed by atoms with E-state index in [1.54, 1.807) is 0 Å². The number of nitro benzene ring substituents is 1. The fourth-order valence-corrected chi connectivity index (χ4v) is 2.21. The van der Waals surface area contributed by atoms with Gasteiger partial charge in [-0.3, -0.25) is 14.9 Å². The Balaban J connectivity index is 1.97. The maximum atomic E-state index is 12.0. The number of methoxy groups -OCH3 is 1. The third kappa shape index (κ3) is 5.25. The predicted octanol–water partition coefficient (Wildman–Crippen LogP) is 2.83. The normalized spacial score (nSPS) is 10.0. The fourth-order valence-electron chi connectivity index (χ4n) is 2.04. The Morgan fingerprint density at radius 2 is 1.78 bits per heavy atom. The van der Waals surface area contributed by atoms with Gasteiger partial charge in [0.25, 0.3) is 11.6 Å². The number of nitrogens with zero attached hydrogens (tertiary/aromatic N) is 1. The molecule has 27 heavy (non-hydrogen) atoms. The Morgan fingerprint density at radius 3 is 2.37 bits per heavy atom. The molecule has 0 bridgehead atoms. The highest BCUT2D eigenvalue weighted by Gasteiger charge is 2.22. The minimum Gasteiger partial charge on any atom is -0.465 e. The van der Waals surface area contributed by atoms with Crippen molar-refractivity contribution in [1.29, 1.82) is 0 Å². The lowest BCUT2D eigenvalue weighted by Crippen LogP contribution is -2.21. The third-order valence-corrected chi connectivity index (χ3v) is 3.54. The number of anilines is 1. The summed E-state index contributed by atoms with van der Waals surface area (Å²) in [4.78, 5) is 45.4.